The molecule has 0 radical (unpaired) electrons. The quantitative estimate of drug-likeness (QED) is 0.867. The highest BCUT2D eigenvalue weighted by molar-refractivity contribution is 6.30. The second kappa shape index (κ2) is 8.13. The molecule has 3 N–H and O–H groups in total. The first-order valence-electron chi connectivity index (χ1n) is 8.36. The Balaban J connectivity index is 1.88. The van der Waals surface area contributed by atoms with Gasteiger partial charge in [-0.1, -0.05) is 37.6 Å². The number of piperidine rings is 1. The van der Waals surface area contributed by atoms with Gasteiger partial charge in [-0.05, 0) is 48.8 Å². The number of benzene rings is 1. The number of nitrogens with two attached hydrogens (primary N) is 1. The second-order valence-corrected chi connectivity index (χ2v) is 7.33. The van der Waals surface area contributed by atoms with Crippen LogP contribution in [-0.2, 0) is 4.79 Å². The zero-order valence-corrected chi connectivity index (χ0v) is 14.7. The minimum absolute atomic E-state index is 0.0399. The summed E-state index contributed by atoms with van der Waals surface area (Å²) in [5.74, 6) is 0.623. The molecule has 1 aromatic rings. The number of likely N-dealkylation sites (tertiary alicyclic amines) is 1. The van der Waals surface area contributed by atoms with Crippen molar-refractivity contribution in [3.8, 4) is 0 Å². The molecule has 0 spiro atoms. The monoisotopic (exact) mass is 338 g/mol. The number of carbonyl (C=O) groups is 1. The molecule has 23 heavy (non-hydrogen) atoms. The summed E-state index contributed by atoms with van der Waals surface area (Å²) >= 11 is 5.88. The van der Waals surface area contributed by atoms with Crippen molar-refractivity contribution in [3.05, 3.63) is 34.9 Å². The minimum Gasteiger partial charge on any atom is -0.388 e. The lowest BCUT2D eigenvalue weighted by Gasteiger charge is -2.35. The van der Waals surface area contributed by atoms with Crippen LogP contribution in [0, 0.1) is 11.8 Å². The van der Waals surface area contributed by atoms with E-state index in [2.05, 4.69) is 13.8 Å². The highest BCUT2D eigenvalue weighted by Gasteiger charge is 2.30. The number of amides is 1. The number of hydrogen-bond acceptors (Lipinski definition) is 3. The summed E-state index contributed by atoms with van der Waals surface area (Å²) in [5.41, 5.74) is 6.88. The van der Waals surface area contributed by atoms with E-state index in [1.807, 2.05) is 17.0 Å². The molecule has 4 nitrogen and oxygen atoms in total. The molecular formula is C18H27ClN2O2. The molecule has 0 aliphatic carbocycles. The van der Waals surface area contributed by atoms with Crippen molar-refractivity contribution in [2.24, 2.45) is 17.6 Å². The van der Waals surface area contributed by atoms with Crippen LogP contribution in [0.15, 0.2) is 24.3 Å². The maximum Gasteiger partial charge on any atom is 0.239 e. The van der Waals surface area contributed by atoms with Gasteiger partial charge in [0.1, 0.15) is 0 Å². The van der Waals surface area contributed by atoms with Gasteiger partial charge in [-0.15, -0.1) is 0 Å². The van der Waals surface area contributed by atoms with Gasteiger partial charge in [-0.25, -0.2) is 0 Å². The molecule has 2 unspecified atom stereocenters. The van der Waals surface area contributed by atoms with Gasteiger partial charge >= 0.3 is 0 Å². The van der Waals surface area contributed by atoms with E-state index in [-0.39, 0.29) is 11.8 Å². The predicted molar refractivity (Wildman–Crippen MR) is 93.1 cm³/mol. The molecule has 0 aromatic heterocycles. The van der Waals surface area contributed by atoms with E-state index >= 15 is 0 Å². The lowest BCUT2D eigenvalue weighted by atomic mass is 9.87. The highest BCUT2D eigenvalue weighted by Crippen LogP contribution is 2.31. The molecule has 1 amide bonds. The number of halogens is 1. The normalized spacial score (nSPS) is 19.0. The summed E-state index contributed by atoms with van der Waals surface area (Å²) < 4.78 is 0. The average molecular weight is 339 g/mol. The van der Waals surface area contributed by atoms with Crippen molar-refractivity contribution >= 4 is 17.5 Å². The maximum atomic E-state index is 12.3. The Labute approximate surface area is 143 Å². The van der Waals surface area contributed by atoms with Crippen LogP contribution in [0.2, 0.25) is 5.02 Å². The first kappa shape index (κ1) is 18.2. The average Bonchev–Trinajstić information content (AvgIpc) is 2.53. The van der Waals surface area contributed by atoms with Crippen LogP contribution < -0.4 is 5.73 Å². The molecule has 1 fully saturated rings. The second-order valence-electron chi connectivity index (χ2n) is 6.90. The van der Waals surface area contributed by atoms with E-state index in [9.17, 15) is 9.90 Å². The van der Waals surface area contributed by atoms with Gasteiger partial charge in [-0.2, -0.15) is 0 Å². The van der Waals surface area contributed by atoms with Gasteiger partial charge in [0.05, 0.1) is 12.1 Å². The van der Waals surface area contributed by atoms with Gasteiger partial charge in [0.25, 0.3) is 0 Å². The molecule has 2 rings (SSSR count). The van der Waals surface area contributed by atoms with Crippen molar-refractivity contribution < 1.29 is 9.90 Å². The summed E-state index contributed by atoms with van der Waals surface area (Å²) in [6, 6.07) is 6.91. The molecule has 1 aliphatic rings. The van der Waals surface area contributed by atoms with Crippen LogP contribution in [0.3, 0.4) is 0 Å². The van der Waals surface area contributed by atoms with E-state index in [0.29, 0.717) is 30.5 Å². The third kappa shape index (κ3) is 4.93. The molecule has 2 atom stereocenters. The van der Waals surface area contributed by atoms with Gasteiger partial charge < -0.3 is 15.7 Å². The summed E-state index contributed by atoms with van der Waals surface area (Å²) in [5, 5.41) is 11.2. The van der Waals surface area contributed by atoms with Gasteiger partial charge in [0, 0.05) is 18.1 Å². The Morgan fingerprint density at radius 1 is 1.30 bits per heavy atom. The van der Waals surface area contributed by atoms with Crippen molar-refractivity contribution in [1.29, 1.82) is 0 Å². The van der Waals surface area contributed by atoms with Crippen molar-refractivity contribution in [1.82, 2.24) is 4.90 Å². The third-order valence-corrected chi connectivity index (χ3v) is 4.80. The molecule has 1 heterocycles. The van der Waals surface area contributed by atoms with Gasteiger partial charge in [-0.3, -0.25) is 4.79 Å². The molecule has 0 bridgehead atoms. The Kier molecular flexibility index (Phi) is 6.45. The van der Waals surface area contributed by atoms with Crippen LogP contribution in [0.4, 0.5) is 0 Å². The summed E-state index contributed by atoms with van der Waals surface area (Å²) in [6.07, 6.45) is 1.80. The molecule has 1 saturated heterocycles. The smallest absolute Gasteiger partial charge is 0.239 e. The van der Waals surface area contributed by atoms with Gasteiger partial charge in [0.15, 0.2) is 0 Å². The Morgan fingerprint density at radius 3 is 2.39 bits per heavy atom. The van der Waals surface area contributed by atoms with E-state index in [0.717, 1.165) is 18.4 Å². The number of carbonyl (C=O) groups excluding carboxylic acids is 1. The van der Waals surface area contributed by atoms with E-state index in [1.165, 1.54) is 0 Å². The largest absolute Gasteiger partial charge is 0.388 e. The van der Waals surface area contributed by atoms with E-state index in [1.54, 1.807) is 12.1 Å². The van der Waals surface area contributed by atoms with Crippen LogP contribution in [0.25, 0.3) is 0 Å². The van der Waals surface area contributed by atoms with Gasteiger partial charge in [0.2, 0.25) is 5.91 Å². The summed E-state index contributed by atoms with van der Waals surface area (Å²) in [6.45, 7) is 5.48. The van der Waals surface area contributed by atoms with Crippen LogP contribution in [0.1, 0.15) is 44.8 Å². The van der Waals surface area contributed by atoms with E-state index < -0.39 is 12.1 Å². The highest BCUT2D eigenvalue weighted by atomic mass is 35.5. The topological polar surface area (TPSA) is 66.6 Å². The lowest BCUT2D eigenvalue weighted by molar-refractivity contribution is -0.135. The molecular weight excluding hydrogens is 312 g/mol. The first-order valence-corrected chi connectivity index (χ1v) is 8.74. The first-order chi connectivity index (χ1) is 10.9. The van der Waals surface area contributed by atoms with Crippen molar-refractivity contribution in [2.45, 2.75) is 45.3 Å². The number of aliphatic hydroxyl groups excluding tert-OH is 1. The number of hydrogen-bond donors (Lipinski definition) is 2. The van der Waals surface area contributed by atoms with Crippen molar-refractivity contribution in [3.63, 3.8) is 0 Å². The SMILES string of the molecule is CC(C)CC(N)C(=O)N1CCC(C(O)c2ccc(Cl)cc2)CC1. The fraction of sp³-hybridized carbons (Fsp3) is 0.611. The number of nitrogens with zero attached hydrogens (tertiary/aromatic N) is 1. The van der Waals surface area contributed by atoms with Crippen LogP contribution in [0.5, 0.6) is 0 Å². The maximum absolute atomic E-state index is 12.3. The molecule has 128 valence electrons. The molecule has 1 aromatic carbocycles. The zero-order valence-electron chi connectivity index (χ0n) is 13.9. The Bertz CT molecular complexity index is 510. The summed E-state index contributed by atoms with van der Waals surface area (Å²) in [4.78, 5) is 14.2. The minimum atomic E-state index is -0.506. The fourth-order valence-electron chi connectivity index (χ4n) is 3.21. The molecule has 5 heteroatoms. The Morgan fingerprint density at radius 2 is 1.87 bits per heavy atom. The Hall–Kier alpha value is -1.10. The zero-order chi connectivity index (χ0) is 17.0. The van der Waals surface area contributed by atoms with Crippen LogP contribution >= 0.6 is 11.6 Å². The van der Waals surface area contributed by atoms with Crippen LogP contribution in [-0.4, -0.2) is 35.0 Å². The number of aliphatic hydroxyl groups is 1. The molecule has 0 saturated carbocycles. The lowest BCUT2D eigenvalue weighted by Crippen LogP contribution is -2.48. The third-order valence-electron chi connectivity index (χ3n) is 4.55. The summed E-state index contributed by atoms with van der Waals surface area (Å²) in [7, 11) is 0. The van der Waals surface area contributed by atoms with E-state index in [4.69, 9.17) is 17.3 Å². The fourth-order valence-corrected chi connectivity index (χ4v) is 3.34. The molecule has 1 aliphatic heterocycles. The van der Waals surface area contributed by atoms with Crippen molar-refractivity contribution in [2.75, 3.05) is 13.1 Å². The predicted octanol–water partition coefficient (Wildman–Crippen LogP) is 2.99. The standard InChI is InChI=1S/C18H27ClN2O2/c1-12(2)11-16(20)18(23)21-9-7-14(8-10-21)17(22)13-3-5-15(19)6-4-13/h3-6,12,14,16-17,22H,7-11,20H2,1-2H3. The number of rotatable bonds is 5.